The van der Waals surface area contributed by atoms with Crippen molar-refractivity contribution in [3.63, 3.8) is 0 Å². The number of nitrogens with zero attached hydrogens (tertiary/aromatic N) is 1. The van der Waals surface area contributed by atoms with Gasteiger partial charge >= 0.3 is 0 Å². The molecule has 2 aromatic carbocycles. The van der Waals surface area contributed by atoms with Gasteiger partial charge in [0.25, 0.3) is 5.91 Å². The molecule has 2 aromatic rings. The van der Waals surface area contributed by atoms with Gasteiger partial charge in [0.1, 0.15) is 0 Å². The predicted octanol–water partition coefficient (Wildman–Crippen LogP) is 4.35. The molecule has 1 N–H and O–H groups in total. The first-order chi connectivity index (χ1) is 12.1. The third-order valence-electron chi connectivity index (χ3n) is 4.48. The third-order valence-corrected chi connectivity index (χ3v) is 4.71. The topological polar surface area (TPSA) is 49.4 Å². The lowest BCUT2D eigenvalue weighted by Crippen LogP contribution is -2.28. The summed E-state index contributed by atoms with van der Waals surface area (Å²) in [5, 5.41) is 3.70. The third kappa shape index (κ3) is 4.02. The van der Waals surface area contributed by atoms with E-state index in [2.05, 4.69) is 5.32 Å². The predicted molar refractivity (Wildman–Crippen MR) is 100.0 cm³/mol. The first kappa shape index (κ1) is 17.5. The molecule has 5 heteroatoms. The van der Waals surface area contributed by atoms with E-state index in [1.807, 2.05) is 43.3 Å². The summed E-state index contributed by atoms with van der Waals surface area (Å²) < 4.78 is 0. The normalized spacial score (nSPS) is 15.3. The van der Waals surface area contributed by atoms with Gasteiger partial charge in [0.2, 0.25) is 5.91 Å². The smallest absolute Gasteiger partial charge is 0.251 e. The fraction of sp³-hybridized carbons (Fsp3) is 0.300. The van der Waals surface area contributed by atoms with E-state index < -0.39 is 0 Å². The van der Waals surface area contributed by atoms with Crippen molar-refractivity contribution in [2.24, 2.45) is 0 Å². The van der Waals surface area contributed by atoms with Crippen LogP contribution in [-0.2, 0) is 4.79 Å². The second-order valence-corrected chi connectivity index (χ2v) is 6.62. The highest BCUT2D eigenvalue weighted by atomic mass is 35.5. The summed E-state index contributed by atoms with van der Waals surface area (Å²) in [4.78, 5) is 26.1. The van der Waals surface area contributed by atoms with E-state index in [-0.39, 0.29) is 17.9 Å². The second kappa shape index (κ2) is 7.70. The molecule has 0 aliphatic carbocycles. The molecule has 1 atom stereocenters. The summed E-state index contributed by atoms with van der Waals surface area (Å²) >= 11 is 6.05. The van der Waals surface area contributed by atoms with Crippen molar-refractivity contribution in [1.82, 2.24) is 5.32 Å². The van der Waals surface area contributed by atoms with Crippen molar-refractivity contribution < 1.29 is 9.59 Å². The number of nitrogens with one attached hydrogen (secondary N) is 1. The van der Waals surface area contributed by atoms with E-state index >= 15 is 0 Å². The number of hydrogen-bond donors (Lipinski definition) is 1. The van der Waals surface area contributed by atoms with Gasteiger partial charge < -0.3 is 10.2 Å². The Morgan fingerprint density at radius 1 is 1.24 bits per heavy atom. The van der Waals surface area contributed by atoms with Gasteiger partial charge in [0.15, 0.2) is 0 Å². The maximum atomic E-state index is 12.5. The van der Waals surface area contributed by atoms with Crippen molar-refractivity contribution in [3.05, 3.63) is 64.7 Å². The zero-order valence-electron chi connectivity index (χ0n) is 14.2. The van der Waals surface area contributed by atoms with Crippen LogP contribution >= 0.6 is 11.6 Å². The monoisotopic (exact) mass is 356 g/mol. The Morgan fingerprint density at radius 3 is 2.60 bits per heavy atom. The van der Waals surface area contributed by atoms with Gasteiger partial charge in [-0.3, -0.25) is 9.59 Å². The number of anilines is 1. The molecular formula is C20H21ClN2O2. The Hall–Kier alpha value is -2.33. The first-order valence-electron chi connectivity index (χ1n) is 8.55. The van der Waals surface area contributed by atoms with Crippen LogP contribution < -0.4 is 10.2 Å². The van der Waals surface area contributed by atoms with Gasteiger partial charge in [-0.05, 0) is 54.8 Å². The number of carbonyl (C=O) groups excluding carboxylic acids is 2. The molecule has 3 rings (SSSR count). The van der Waals surface area contributed by atoms with Crippen molar-refractivity contribution in [1.29, 1.82) is 0 Å². The standard InChI is InChI=1S/C20H21ClN2O2/c1-2-18(15-5-3-6-16(21)13-15)22-20(25)14-8-10-17(11-9-14)23-12-4-7-19(23)24/h3,5-6,8-11,13,18H,2,4,7,12H2,1H3,(H,22,25). The van der Waals surface area contributed by atoms with E-state index in [9.17, 15) is 9.59 Å². The van der Waals surface area contributed by atoms with E-state index in [4.69, 9.17) is 11.6 Å². The number of hydrogen-bond acceptors (Lipinski definition) is 2. The number of amides is 2. The largest absolute Gasteiger partial charge is 0.345 e. The minimum atomic E-state index is -0.133. The highest BCUT2D eigenvalue weighted by Gasteiger charge is 2.22. The molecule has 0 bridgehead atoms. The molecule has 4 nitrogen and oxygen atoms in total. The summed E-state index contributed by atoms with van der Waals surface area (Å²) in [5.74, 6) is 0.00956. The fourth-order valence-electron chi connectivity index (χ4n) is 3.10. The SMILES string of the molecule is CCC(NC(=O)c1ccc(N2CCCC2=O)cc1)c1cccc(Cl)c1. The molecule has 1 saturated heterocycles. The molecule has 0 spiro atoms. The maximum absolute atomic E-state index is 12.5. The van der Waals surface area contributed by atoms with Crippen LogP contribution in [0.4, 0.5) is 5.69 Å². The minimum absolute atomic E-state index is 0.0916. The zero-order chi connectivity index (χ0) is 17.8. The Morgan fingerprint density at radius 2 is 2.00 bits per heavy atom. The van der Waals surface area contributed by atoms with Gasteiger partial charge in [0.05, 0.1) is 6.04 Å². The average molecular weight is 357 g/mol. The van der Waals surface area contributed by atoms with Gasteiger partial charge in [-0.1, -0.05) is 30.7 Å². The van der Waals surface area contributed by atoms with Crippen LogP contribution in [0.3, 0.4) is 0 Å². The molecule has 130 valence electrons. The van der Waals surface area contributed by atoms with Crippen molar-refractivity contribution in [2.75, 3.05) is 11.4 Å². The highest BCUT2D eigenvalue weighted by molar-refractivity contribution is 6.30. The highest BCUT2D eigenvalue weighted by Crippen LogP contribution is 2.23. The molecule has 0 aromatic heterocycles. The number of rotatable bonds is 5. The average Bonchev–Trinajstić information content (AvgIpc) is 3.05. The second-order valence-electron chi connectivity index (χ2n) is 6.19. The lowest BCUT2D eigenvalue weighted by molar-refractivity contribution is -0.117. The Bertz CT molecular complexity index is 774. The molecule has 25 heavy (non-hydrogen) atoms. The van der Waals surface area contributed by atoms with Crippen molar-refractivity contribution in [2.45, 2.75) is 32.2 Å². The molecule has 1 aliphatic rings. The molecule has 0 saturated carbocycles. The van der Waals surface area contributed by atoms with Crippen LogP contribution in [0.25, 0.3) is 0 Å². The number of carbonyl (C=O) groups is 2. The quantitative estimate of drug-likeness (QED) is 0.865. The number of benzene rings is 2. The van der Waals surface area contributed by atoms with Crippen LogP contribution in [0.1, 0.15) is 48.1 Å². The van der Waals surface area contributed by atoms with E-state index in [0.29, 0.717) is 17.0 Å². The Balaban J connectivity index is 1.71. The van der Waals surface area contributed by atoms with Gasteiger partial charge in [-0.2, -0.15) is 0 Å². The summed E-state index contributed by atoms with van der Waals surface area (Å²) in [5.41, 5.74) is 2.42. The number of halogens is 1. The first-order valence-corrected chi connectivity index (χ1v) is 8.93. The lowest BCUT2D eigenvalue weighted by atomic mass is 10.0. The van der Waals surface area contributed by atoms with E-state index in [1.165, 1.54) is 0 Å². The molecular weight excluding hydrogens is 336 g/mol. The van der Waals surface area contributed by atoms with E-state index in [1.54, 1.807) is 17.0 Å². The van der Waals surface area contributed by atoms with Crippen LogP contribution in [0.15, 0.2) is 48.5 Å². The Labute approximate surface area is 152 Å². The van der Waals surface area contributed by atoms with Crippen LogP contribution in [0.5, 0.6) is 0 Å². The molecule has 1 aliphatic heterocycles. The van der Waals surface area contributed by atoms with Crippen LogP contribution in [0, 0.1) is 0 Å². The van der Waals surface area contributed by atoms with Crippen LogP contribution in [-0.4, -0.2) is 18.4 Å². The summed E-state index contributed by atoms with van der Waals surface area (Å²) in [7, 11) is 0. The fourth-order valence-corrected chi connectivity index (χ4v) is 3.30. The summed E-state index contributed by atoms with van der Waals surface area (Å²) in [6, 6.07) is 14.6. The zero-order valence-corrected chi connectivity index (χ0v) is 14.9. The van der Waals surface area contributed by atoms with Gasteiger partial charge in [-0.25, -0.2) is 0 Å². The van der Waals surface area contributed by atoms with Crippen LogP contribution in [0.2, 0.25) is 5.02 Å². The maximum Gasteiger partial charge on any atom is 0.251 e. The van der Waals surface area contributed by atoms with Crippen molar-refractivity contribution in [3.8, 4) is 0 Å². The molecule has 2 amide bonds. The van der Waals surface area contributed by atoms with Gasteiger partial charge in [0, 0.05) is 29.2 Å². The summed E-state index contributed by atoms with van der Waals surface area (Å²) in [6.45, 7) is 2.77. The molecule has 1 heterocycles. The minimum Gasteiger partial charge on any atom is -0.345 e. The molecule has 1 unspecified atom stereocenters. The Kier molecular flexibility index (Phi) is 5.39. The van der Waals surface area contributed by atoms with E-state index in [0.717, 1.165) is 30.6 Å². The van der Waals surface area contributed by atoms with Gasteiger partial charge in [-0.15, -0.1) is 0 Å². The molecule has 0 radical (unpaired) electrons. The summed E-state index contributed by atoms with van der Waals surface area (Å²) in [6.07, 6.45) is 2.26. The van der Waals surface area contributed by atoms with Crippen molar-refractivity contribution >= 4 is 29.1 Å². The lowest BCUT2D eigenvalue weighted by Gasteiger charge is -2.19. The molecule has 1 fully saturated rings.